The number of esters is 1. The van der Waals surface area contributed by atoms with Crippen molar-refractivity contribution in [3.63, 3.8) is 0 Å². The predicted molar refractivity (Wildman–Crippen MR) is 511 cm³/mol. The lowest BCUT2D eigenvalue weighted by Crippen LogP contribution is -2.42. The summed E-state index contributed by atoms with van der Waals surface area (Å²) in [4.78, 5) is 91.8. The molecule has 2 aliphatic rings. The number of carbonyl (C=O) groups excluding carboxylic acids is 5. The van der Waals surface area contributed by atoms with Crippen molar-refractivity contribution in [3.8, 4) is 66.7 Å². The van der Waals surface area contributed by atoms with Crippen LogP contribution in [0.2, 0.25) is 0 Å². The van der Waals surface area contributed by atoms with Gasteiger partial charge in [-0.25, -0.2) is 14.6 Å². The Morgan fingerprint density at radius 2 is 0.669 bits per heavy atom. The number of nitrogens with zero attached hydrogens (tertiary/aromatic N) is 2. The fourth-order valence-corrected chi connectivity index (χ4v) is 23.1. The molecule has 630 valence electrons. The first-order valence-electron chi connectivity index (χ1n) is 44.9. The highest BCUT2D eigenvalue weighted by Crippen LogP contribution is 2.56. The summed E-state index contributed by atoms with van der Waals surface area (Å²) in [5.41, 5.74) is 7.64. The van der Waals surface area contributed by atoms with Crippen molar-refractivity contribution in [2.75, 3.05) is 36.2 Å². The van der Waals surface area contributed by atoms with E-state index in [-0.39, 0.29) is 36.9 Å². The van der Waals surface area contributed by atoms with Gasteiger partial charge in [0, 0.05) is 93.8 Å². The number of para-hydroxylation sites is 2. The molecule has 0 bridgehead atoms. The zero-order valence-corrected chi connectivity index (χ0v) is 76.3. The third-order valence-electron chi connectivity index (χ3n) is 24.3. The first kappa shape index (κ1) is 86.6. The Bertz CT molecular complexity index is 5750. The van der Waals surface area contributed by atoms with Crippen molar-refractivity contribution in [2.45, 2.75) is 247 Å². The van der Waals surface area contributed by atoms with Crippen LogP contribution in [0.15, 0.2) is 157 Å². The summed E-state index contributed by atoms with van der Waals surface area (Å²) in [5.74, 6) is -0.420. The number of hydrogen-bond acceptors (Lipinski definition) is 14. The molecule has 8 aromatic carbocycles. The van der Waals surface area contributed by atoms with Gasteiger partial charge in [0.15, 0.2) is 0 Å². The van der Waals surface area contributed by atoms with Gasteiger partial charge in [-0.05, 0) is 202 Å². The minimum absolute atomic E-state index is 0.0103. The summed E-state index contributed by atoms with van der Waals surface area (Å²) in [5, 5.41) is 7.65. The van der Waals surface area contributed by atoms with E-state index in [0.717, 1.165) is 103 Å². The number of unbranched alkanes of at least 4 members (excludes halogenated alkanes) is 21. The van der Waals surface area contributed by atoms with E-state index in [1.54, 1.807) is 57.5 Å². The van der Waals surface area contributed by atoms with Gasteiger partial charge in [0.2, 0.25) is 0 Å². The van der Waals surface area contributed by atoms with E-state index in [2.05, 4.69) is 135 Å². The second-order valence-electron chi connectivity index (χ2n) is 34.3. The maximum atomic E-state index is 16.3. The maximum Gasteiger partial charge on any atom is 0.338 e. The van der Waals surface area contributed by atoms with Crippen molar-refractivity contribution in [3.05, 3.63) is 207 Å². The third kappa shape index (κ3) is 18.7. The second-order valence-corrected chi connectivity index (χ2v) is 39.6. The number of fused-ring (bicyclic) bond motifs is 2. The van der Waals surface area contributed by atoms with E-state index in [1.165, 1.54) is 142 Å². The van der Waals surface area contributed by atoms with Gasteiger partial charge in [-0.15, -0.1) is 56.7 Å². The van der Waals surface area contributed by atoms with Crippen LogP contribution < -0.4 is 24.0 Å². The average Bonchev–Trinajstić information content (AvgIpc) is 1.20. The summed E-state index contributed by atoms with van der Waals surface area (Å²) in [6.45, 7) is 23.0. The fourth-order valence-electron chi connectivity index (χ4n) is 17.9. The summed E-state index contributed by atoms with van der Waals surface area (Å²) in [6.07, 6.45) is 27.5. The lowest BCUT2D eigenvalue weighted by Gasteiger charge is -2.34. The Labute approximate surface area is 735 Å². The molecule has 4 amide bonds. The standard InChI is InChI=1S/C105H116N2O9S5/c1-11-13-15-17-19-21-23-25-27-31-55-113-70-60-69(61-71(62-70)114-56-32-28-26-24-22-20-18-16-14-12-2)105(112)116-58-34-30-29-33-57-115-83-64-82-95-79(102(109)107(104(82)111)100-74(67(7)8)40-36-41-75(100)68(9)10)45-43-76-93-80(84-47-48-87(118-84)88-51-52-91(120-88)92-54-53-90(121-92)89-50-49-86(119-89)85-42-37-59-117-85)63-81-94-78(46-44-77(97(93)94)96(83)98(76)95)101(108)106(103(81)110)99-72(65(3)4)38-35-39-73(99)66(5)6/h35-54,59-68H,11-34,55-58H2,1-10H3. The lowest BCUT2D eigenvalue weighted by atomic mass is 9.79. The predicted octanol–water partition coefficient (Wildman–Crippen LogP) is 31.9. The van der Waals surface area contributed by atoms with Gasteiger partial charge in [-0.1, -0.05) is 239 Å². The molecule has 0 aliphatic carbocycles. The van der Waals surface area contributed by atoms with Crippen molar-refractivity contribution < 1.29 is 42.9 Å². The topological polar surface area (TPSA) is 129 Å². The molecule has 2 aliphatic heterocycles. The summed E-state index contributed by atoms with van der Waals surface area (Å²) in [7, 11) is 0. The molecular formula is C105H116N2O9S5. The van der Waals surface area contributed by atoms with Crippen LogP contribution in [0.3, 0.4) is 0 Å². The highest BCUT2D eigenvalue weighted by molar-refractivity contribution is 7.30. The second kappa shape index (κ2) is 39.9. The van der Waals surface area contributed by atoms with Crippen LogP contribution in [0.25, 0.3) is 92.5 Å². The van der Waals surface area contributed by atoms with Gasteiger partial charge in [-0.2, -0.15) is 0 Å². The molecule has 0 saturated carbocycles. The molecule has 0 saturated heterocycles. The first-order chi connectivity index (χ1) is 58.9. The molecule has 15 rings (SSSR count). The van der Waals surface area contributed by atoms with Crippen LogP contribution in [0.5, 0.6) is 17.2 Å². The highest BCUT2D eigenvalue weighted by atomic mass is 32.1. The Morgan fingerprint density at radius 1 is 0.314 bits per heavy atom. The number of amides is 4. The normalized spacial score (nSPS) is 13.0. The molecular weight excluding hydrogens is 1590 g/mol. The molecule has 0 N–H and O–H groups in total. The van der Waals surface area contributed by atoms with Crippen molar-refractivity contribution in [1.82, 2.24) is 0 Å². The van der Waals surface area contributed by atoms with E-state index in [0.29, 0.717) is 104 Å². The number of imide groups is 2. The smallest absolute Gasteiger partial charge is 0.338 e. The Morgan fingerprint density at radius 3 is 1.08 bits per heavy atom. The molecule has 7 heterocycles. The van der Waals surface area contributed by atoms with Crippen LogP contribution in [0, 0.1) is 0 Å². The molecule has 5 aromatic heterocycles. The largest absolute Gasteiger partial charge is 0.493 e. The molecule has 16 heteroatoms. The van der Waals surface area contributed by atoms with Crippen molar-refractivity contribution in [1.29, 1.82) is 0 Å². The van der Waals surface area contributed by atoms with E-state index >= 15 is 19.2 Å². The summed E-state index contributed by atoms with van der Waals surface area (Å²) in [6, 6.07) is 51.3. The third-order valence-corrected chi connectivity index (χ3v) is 30.3. The van der Waals surface area contributed by atoms with Gasteiger partial charge in [0.1, 0.15) is 17.2 Å². The molecule has 0 radical (unpaired) electrons. The zero-order valence-electron chi connectivity index (χ0n) is 72.2. The molecule has 0 spiro atoms. The quantitative estimate of drug-likeness (QED) is 0.0120. The first-order valence-corrected chi connectivity index (χ1v) is 49.0. The number of anilines is 2. The molecule has 0 fully saturated rings. The van der Waals surface area contributed by atoms with Crippen LogP contribution >= 0.6 is 56.7 Å². The zero-order chi connectivity index (χ0) is 84.4. The van der Waals surface area contributed by atoms with E-state index in [1.807, 2.05) is 90.2 Å². The van der Waals surface area contributed by atoms with E-state index in [4.69, 9.17) is 18.9 Å². The van der Waals surface area contributed by atoms with Crippen molar-refractivity contribution in [2.24, 2.45) is 0 Å². The van der Waals surface area contributed by atoms with Gasteiger partial charge < -0.3 is 18.9 Å². The van der Waals surface area contributed by atoms with Crippen LogP contribution in [0.4, 0.5) is 11.4 Å². The Kier molecular flexibility index (Phi) is 28.6. The number of thiophene rings is 5. The average molecular weight is 1710 g/mol. The number of benzene rings is 8. The Hall–Kier alpha value is -9.29. The Balaban J connectivity index is 0.747. The molecule has 13 aromatic rings. The van der Waals surface area contributed by atoms with Gasteiger partial charge in [-0.3, -0.25) is 19.2 Å². The van der Waals surface area contributed by atoms with Gasteiger partial charge in [0.25, 0.3) is 23.6 Å². The number of rotatable bonds is 44. The van der Waals surface area contributed by atoms with Crippen LogP contribution in [-0.2, 0) is 4.74 Å². The minimum Gasteiger partial charge on any atom is -0.493 e. The monoisotopic (exact) mass is 1710 g/mol. The maximum absolute atomic E-state index is 16.3. The van der Waals surface area contributed by atoms with Crippen LogP contribution in [0.1, 0.15) is 321 Å². The SMILES string of the molecule is CCCCCCCCCCCCOc1cc(OCCCCCCCCCCCC)cc(C(=O)OCCCCCCOc2cc3c4c(ccc5c6c(-c7ccc(-c8ccc(-c9ccc(-c%10ccc(-c%11cccs%11)s%10)s9)s8)s7)cc7c8c(ccc(c2c45)c86)C(=O)N(c2c(C(C)C)cccc2C(C)C)C7=O)C(=O)N(c2c(C(C)C)cccc2C(C)C)C3=O)c1. The van der Waals surface area contributed by atoms with Gasteiger partial charge in [0.05, 0.1) is 48.9 Å². The van der Waals surface area contributed by atoms with Crippen molar-refractivity contribution >= 4 is 141 Å². The number of hydrogen-bond donors (Lipinski definition) is 0. The summed E-state index contributed by atoms with van der Waals surface area (Å²) < 4.78 is 25.9. The van der Waals surface area contributed by atoms with E-state index < -0.39 is 29.6 Å². The molecule has 0 unspecified atom stereocenters. The van der Waals surface area contributed by atoms with Gasteiger partial charge >= 0.3 is 5.97 Å². The molecule has 121 heavy (non-hydrogen) atoms. The molecule has 11 nitrogen and oxygen atoms in total. The van der Waals surface area contributed by atoms with E-state index in [9.17, 15) is 4.79 Å². The summed E-state index contributed by atoms with van der Waals surface area (Å²) >= 11 is 8.80. The molecule has 0 atom stereocenters. The number of carbonyl (C=O) groups is 5. The highest BCUT2D eigenvalue weighted by Gasteiger charge is 2.43. The minimum atomic E-state index is -0.436. The number of ether oxygens (including phenoxy) is 4. The van der Waals surface area contributed by atoms with Crippen LogP contribution in [-0.4, -0.2) is 56.0 Å². The fraction of sp³-hybridized carbons (Fsp3) is 0.400. The lowest BCUT2D eigenvalue weighted by molar-refractivity contribution is 0.0495.